The fourth-order valence-corrected chi connectivity index (χ4v) is 2.65. The maximum Gasteiger partial charge on any atom is 0.260 e. The van der Waals surface area contributed by atoms with Crippen LogP contribution in [0.4, 0.5) is 14.6 Å². The number of hydrogen-bond acceptors (Lipinski definition) is 3. The van der Waals surface area contributed by atoms with E-state index in [1.54, 1.807) is 24.3 Å². The van der Waals surface area contributed by atoms with Crippen molar-refractivity contribution in [3.8, 4) is 6.07 Å². The summed E-state index contributed by atoms with van der Waals surface area (Å²) in [6, 6.07) is 7.62. The van der Waals surface area contributed by atoms with Crippen LogP contribution in [0.15, 0.2) is 30.5 Å². The zero-order valence-corrected chi connectivity index (χ0v) is 11.6. The number of benzene rings is 1. The van der Waals surface area contributed by atoms with Crippen molar-refractivity contribution in [3.63, 3.8) is 0 Å². The van der Waals surface area contributed by atoms with E-state index in [1.165, 1.54) is 10.9 Å². The van der Waals surface area contributed by atoms with Crippen LogP contribution in [0.3, 0.4) is 0 Å². The highest BCUT2D eigenvalue weighted by Crippen LogP contribution is 2.39. The molecule has 4 nitrogen and oxygen atoms in total. The average Bonchev–Trinajstić information content (AvgIpc) is 2.89. The molecule has 2 aromatic rings. The molecule has 3 rings (SSSR count). The largest absolute Gasteiger partial charge is 0.362 e. The lowest BCUT2D eigenvalue weighted by molar-refractivity contribution is 0.0658. The molecular formula is C14H11ClF2N4. The van der Waals surface area contributed by atoms with E-state index in [1.807, 2.05) is 6.07 Å². The predicted molar refractivity (Wildman–Crippen MR) is 74.4 cm³/mol. The SMILES string of the molecule is N#Cc1cnn2c1N[C@@H](c1ccc(Cl)cc1)C[C@H]2C(F)F. The number of fused-ring (bicyclic) bond motifs is 1. The lowest BCUT2D eigenvalue weighted by Gasteiger charge is -2.32. The molecule has 21 heavy (non-hydrogen) atoms. The quantitative estimate of drug-likeness (QED) is 0.918. The van der Waals surface area contributed by atoms with Crippen molar-refractivity contribution in [1.82, 2.24) is 9.78 Å². The maximum atomic E-state index is 13.3. The fraction of sp³-hybridized carbons (Fsp3) is 0.286. The lowest BCUT2D eigenvalue weighted by atomic mass is 9.97. The number of nitrogens with zero attached hydrogens (tertiary/aromatic N) is 3. The van der Waals surface area contributed by atoms with Crippen LogP contribution in [0.5, 0.6) is 0 Å². The second-order valence-electron chi connectivity index (χ2n) is 4.85. The minimum atomic E-state index is -2.55. The van der Waals surface area contributed by atoms with Crippen LogP contribution in [0.2, 0.25) is 5.02 Å². The van der Waals surface area contributed by atoms with Crippen molar-refractivity contribution in [2.75, 3.05) is 5.32 Å². The zero-order valence-electron chi connectivity index (χ0n) is 10.8. The summed E-state index contributed by atoms with van der Waals surface area (Å²) < 4.78 is 27.7. The van der Waals surface area contributed by atoms with Crippen molar-refractivity contribution in [2.45, 2.75) is 24.9 Å². The van der Waals surface area contributed by atoms with Gasteiger partial charge in [-0.25, -0.2) is 13.5 Å². The van der Waals surface area contributed by atoms with Gasteiger partial charge in [-0.3, -0.25) is 0 Å². The number of hydrogen-bond donors (Lipinski definition) is 1. The topological polar surface area (TPSA) is 53.6 Å². The summed E-state index contributed by atoms with van der Waals surface area (Å²) in [4.78, 5) is 0. The molecule has 2 atom stereocenters. The van der Waals surface area contributed by atoms with E-state index >= 15 is 0 Å². The number of alkyl halides is 2. The average molecular weight is 309 g/mol. The van der Waals surface area contributed by atoms with Crippen LogP contribution in [-0.4, -0.2) is 16.2 Å². The molecule has 0 saturated carbocycles. The molecule has 108 valence electrons. The first-order valence-electron chi connectivity index (χ1n) is 6.38. The van der Waals surface area contributed by atoms with Gasteiger partial charge < -0.3 is 5.32 Å². The monoisotopic (exact) mass is 308 g/mol. The Labute approximate surface area is 124 Å². The van der Waals surface area contributed by atoms with Crippen molar-refractivity contribution in [1.29, 1.82) is 5.26 Å². The van der Waals surface area contributed by atoms with Gasteiger partial charge in [0.2, 0.25) is 0 Å². The highest BCUT2D eigenvalue weighted by atomic mass is 35.5. The van der Waals surface area contributed by atoms with Crippen molar-refractivity contribution >= 4 is 17.4 Å². The standard InChI is InChI=1S/C14H11ClF2N4/c15-10-3-1-8(2-4-10)11-5-12(13(16)17)21-14(20-11)9(6-18)7-19-21/h1-4,7,11-13,20H,5H2/t11-,12+/m1/s1. The minimum Gasteiger partial charge on any atom is -0.362 e. The normalized spacial score (nSPS) is 20.7. The number of nitrogens with one attached hydrogen (secondary N) is 1. The van der Waals surface area contributed by atoms with E-state index in [0.29, 0.717) is 10.8 Å². The smallest absolute Gasteiger partial charge is 0.260 e. The maximum absolute atomic E-state index is 13.3. The molecule has 0 amide bonds. The number of aromatic nitrogens is 2. The van der Waals surface area contributed by atoms with Crippen LogP contribution >= 0.6 is 11.6 Å². The zero-order chi connectivity index (χ0) is 15.0. The Morgan fingerprint density at radius 2 is 2.10 bits per heavy atom. The summed E-state index contributed by atoms with van der Waals surface area (Å²) in [6.45, 7) is 0. The van der Waals surface area contributed by atoms with Gasteiger partial charge in [-0.15, -0.1) is 0 Å². The van der Waals surface area contributed by atoms with E-state index in [9.17, 15) is 8.78 Å². The van der Waals surface area contributed by atoms with E-state index in [0.717, 1.165) is 5.56 Å². The highest BCUT2D eigenvalue weighted by Gasteiger charge is 2.35. The van der Waals surface area contributed by atoms with Gasteiger partial charge in [-0.05, 0) is 24.1 Å². The van der Waals surface area contributed by atoms with Gasteiger partial charge in [0.15, 0.2) is 0 Å². The van der Waals surface area contributed by atoms with Gasteiger partial charge >= 0.3 is 0 Å². The lowest BCUT2D eigenvalue weighted by Crippen LogP contribution is -2.31. The first kappa shape index (κ1) is 13.8. The Morgan fingerprint density at radius 3 is 2.71 bits per heavy atom. The van der Waals surface area contributed by atoms with E-state index < -0.39 is 12.5 Å². The highest BCUT2D eigenvalue weighted by molar-refractivity contribution is 6.30. The third kappa shape index (κ3) is 2.45. The molecule has 0 bridgehead atoms. The van der Waals surface area contributed by atoms with Gasteiger partial charge in [-0.1, -0.05) is 23.7 Å². The van der Waals surface area contributed by atoms with Crippen LogP contribution in [0, 0.1) is 11.3 Å². The van der Waals surface area contributed by atoms with Crippen LogP contribution < -0.4 is 5.32 Å². The van der Waals surface area contributed by atoms with Gasteiger partial charge in [0.05, 0.1) is 12.2 Å². The number of rotatable bonds is 2. The van der Waals surface area contributed by atoms with Crippen molar-refractivity contribution in [3.05, 3.63) is 46.6 Å². The third-order valence-electron chi connectivity index (χ3n) is 3.58. The molecule has 1 aromatic carbocycles. The molecule has 0 radical (unpaired) electrons. The first-order valence-corrected chi connectivity index (χ1v) is 6.75. The Kier molecular flexibility index (Phi) is 3.52. The van der Waals surface area contributed by atoms with Crippen LogP contribution in [0.25, 0.3) is 0 Å². The van der Waals surface area contributed by atoms with Gasteiger partial charge in [0, 0.05) is 5.02 Å². The van der Waals surface area contributed by atoms with Gasteiger partial charge in [-0.2, -0.15) is 10.4 Å². The summed E-state index contributed by atoms with van der Waals surface area (Å²) in [5.41, 5.74) is 1.11. The van der Waals surface area contributed by atoms with Crippen molar-refractivity contribution < 1.29 is 8.78 Å². The Balaban J connectivity index is 2.00. The van der Waals surface area contributed by atoms with Crippen molar-refractivity contribution in [2.24, 2.45) is 0 Å². The number of halogens is 3. The Morgan fingerprint density at radius 1 is 1.38 bits per heavy atom. The molecule has 0 fully saturated rings. The van der Waals surface area contributed by atoms with Gasteiger partial charge in [0.25, 0.3) is 6.43 Å². The molecule has 0 saturated heterocycles. The molecule has 0 aliphatic carbocycles. The van der Waals surface area contributed by atoms with E-state index in [2.05, 4.69) is 10.4 Å². The molecule has 7 heteroatoms. The Bertz CT molecular complexity index is 690. The van der Waals surface area contributed by atoms with E-state index in [-0.39, 0.29) is 18.0 Å². The minimum absolute atomic E-state index is 0.193. The Hall–Kier alpha value is -2.13. The molecule has 1 N–H and O–H groups in total. The summed E-state index contributed by atoms with van der Waals surface area (Å²) in [7, 11) is 0. The predicted octanol–water partition coefficient (Wildman–Crippen LogP) is 3.77. The fourth-order valence-electron chi connectivity index (χ4n) is 2.53. The summed E-state index contributed by atoms with van der Waals surface area (Å²) in [5, 5.41) is 16.7. The molecule has 1 aliphatic heterocycles. The second-order valence-corrected chi connectivity index (χ2v) is 5.29. The molecule has 1 aliphatic rings. The van der Waals surface area contributed by atoms with Crippen LogP contribution in [0.1, 0.15) is 29.6 Å². The summed E-state index contributed by atoms with van der Waals surface area (Å²) >= 11 is 5.84. The first-order chi connectivity index (χ1) is 10.1. The van der Waals surface area contributed by atoms with Gasteiger partial charge in [0.1, 0.15) is 23.5 Å². The molecule has 1 aromatic heterocycles. The third-order valence-corrected chi connectivity index (χ3v) is 3.83. The second kappa shape index (κ2) is 5.34. The number of nitriles is 1. The number of anilines is 1. The van der Waals surface area contributed by atoms with Crippen LogP contribution in [-0.2, 0) is 0 Å². The summed E-state index contributed by atoms with van der Waals surface area (Å²) in [5.74, 6) is 0.342. The molecule has 0 spiro atoms. The van der Waals surface area contributed by atoms with E-state index in [4.69, 9.17) is 16.9 Å². The summed E-state index contributed by atoms with van der Waals surface area (Å²) in [6.07, 6.45) is -1.05. The molecule has 2 heterocycles. The molecular weight excluding hydrogens is 298 g/mol. The molecule has 0 unspecified atom stereocenters.